The molecule has 1 aromatic carbocycles. The van der Waals surface area contributed by atoms with Crippen molar-refractivity contribution in [3.8, 4) is 5.75 Å². The first-order valence-electron chi connectivity index (χ1n) is 8.62. The Morgan fingerprint density at radius 3 is 2.83 bits per heavy atom. The van der Waals surface area contributed by atoms with E-state index in [0.29, 0.717) is 30.1 Å². The number of rotatable bonds is 6. The predicted octanol–water partition coefficient (Wildman–Crippen LogP) is 2.78. The van der Waals surface area contributed by atoms with Crippen LogP contribution in [-0.2, 0) is 11.2 Å². The molecular formula is C19H24N2O3. The van der Waals surface area contributed by atoms with Crippen molar-refractivity contribution in [3.05, 3.63) is 40.2 Å². The van der Waals surface area contributed by atoms with Gasteiger partial charge in [-0.05, 0) is 48.8 Å². The lowest BCUT2D eigenvalue weighted by Crippen LogP contribution is -2.29. The van der Waals surface area contributed by atoms with Gasteiger partial charge in [-0.1, -0.05) is 12.8 Å². The summed E-state index contributed by atoms with van der Waals surface area (Å²) < 4.78 is 5.17. The first-order chi connectivity index (χ1) is 11.7. The van der Waals surface area contributed by atoms with Gasteiger partial charge in [0.15, 0.2) is 0 Å². The number of aryl methyl sites for hydroxylation is 1. The van der Waals surface area contributed by atoms with E-state index >= 15 is 0 Å². The number of benzene rings is 1. The van der Waals surface area contributed by atoms with Gasteiger partial charge >= 0.3 is 0 Å². The van der Waals surface area contributed by atoms with Gasteiger partial charge in [-0.3, -0.25) is 9.59 Å². The third-order valence-corrected chi connectivity index (χ3v) is 4.81. The smallest absolute Gasteiger partial charge is 0.251 e. The summed E-state index contributed by atoms with van der Waals surface area (Å²) in [6, 6.07) is 7.43. The van der Waals surface area contributed by atoms with Crippen LogP contribution in [0.5, 0.6) is 5.75 Å². The van der Waals surface area contributed by atoms with E-state index in [2.05, 4.69) is 10.3 Å². The Labute approximate surface area is 141 Å². The number of carbonyl (C=O) groups is 1. The van der Waals surface area contributed by atoms with Gasteiger partial charge in [0.25, 0.3) is 5.56 Å². The fraction of sp³-hybridized carbons (Fsp3) is 0.474. The first kappa shape index (κ1) is 16.6. The van der Waals surface area contributed by atoms with Crippen molar-refractivity contribution in [3.63, 3.8) is 0 Å². The van der Waals surface area contributed by atoms with E-state index in [-0.39, 0.29) is 11.5 Å². The predicted molar refractivity (Wildman–Crippen MR) is 94.4 cm³/mol. The second-order valence-electron chi connectivity index (χ2n) is 6.53. The molecule has 3 rings (SSSR count). The van der Waals surface area contributed by atoms with Crippen molar-refractivity contribution in [2.24, 2.45) is 5.92 Å². The SMILES string of the molecule is COc1ccc2cc(CCC(=O)NCC3CCCC3)c(=O)[nH]c2c1. The molecule has 0 spiro atoms. The standard InChI is InChI=1S/C19H24N2O3/c1-24-16-8-6-14-10-15(19(23)21-17(14)11-16)7-9-18(22)20-12-13-4-2-3-5-13/h6,8,10-11,13H,2-5,7,9,12H2,1H3,(H,20,22)(H,21,23). The summed E-state index contributed by atoms with van der Waals surface area (Å²) >= 11 is 0. The van der Waals surface area contributed by atoms with Crippen LogP contribution >= 0.6 is 0 Å². The Morgan fingerprint density at radius 2 is 2.08 bits per heavy atom. The Kier molecular flexibility index (Phi) is 5.18. The number of pyridine rings is 1. The number of aromatic amines is 1. The molecule has 1 heterocycles. The maximum atomic E-state index is 12.2. The van der Waals surface area contributed by atoms with Crippen molar-refractivity contribution in [1.82, 2.24) is 10.3 Å². The molecule has 0 bridgehead atoms. The van der Waals surface area contributed by atoms with Gasteiger partial charge in [0.05, 0.1) is 12.6 Å². The van der Waals surface area contributed by atoms with E-state index in [0.717, 1.165) is 17.4 Å². The van der Waals surface area contributed by atoms with Crippen molar-refractivity contribution < 1.29 is 9.53 Å². The number of H-pyrrole nitrogens is 1. The maximum absolute atomic E-state index is 12.2. The number of amides is 1. The van der Waals surface area contributed by atoms with E-state index in [1.165, 1.54) is 25.7 Å². The van der Waals surface area contributed by atoms with E-state index in [1.807, 2.05) is 18.2 Å². The molecule has 1 fully saturated rings. The van der Waals surface area contributed by atoms with Crippen LogP contribution in [0.1, 0.15) is 37.7 Å². The van der Waals surface area contributed by atoms with Crippen LogP contribution in [0.3, 0.4) is 0 Å². The highest BCUT2D eigenvalue weighted by molar-refractivity contribution is 5.81. The Balaban J connectivity index is 1.61. The van der Waals surface area contributed by atoms with Crippen LogP contribution in [0.2, 0.25) is 0 Å². The number of hydrogen-bond donors (Lipinski definition) is 2. The molecule has 0 radical (unpaired) electrons. The second kappa shape index (κ2) is 7.51. The highest BCUT2D eigenvalue weighted by Crippen LogP contribution is 2.23. The molecule has 1 aliphatic rings. The number of hydrogen-bond acceptors (Lipinski definition) is 3. The van der Waals surface area contributed by atoms with Gasteiger partial charge in [0.2, 0.25) is 5.91 Å². The minimum Gasteiger partial charge on any atom is -0.497 e. The van der Waals surface area contributed by atoms with Crippen molar-refractivity contribution >= 4 is 16.8 Å². The third-order valence-electron chi connectivity index (χ3n) is 4.81. The van der Waals surface area contributed by atoms with Gasteiger partial charge in [0, 0.05) is 24.6 Å². The molecule has 5 heteroatoms. The van der Waals surface area contributed by atoms with E-state index < -0.39 is 0 Å². The number of nitrogens with one attached hydrogen (secondary N) is 2. The minimum atomic E-state index is -0.139. The van der Waals surface area contributed by atoms with E-state index in [4.69, 9.17) is 4.74 Å². The van der Waals surface area contributed by atoms with Gasteiger partial charge in [-0.25, -0.2) is 0 Å². The van der Waals surface area contributed by atoms with Gasteiger partial charge in [-0.15, -0.1) is 0 Å². The average molecular weight is 328 g/mol. The van der Waals surface area contributed by atoms with Crippen LogP contribution in [-0.4, -0.2) is 24.5 Å². The molecule has 0 saturated heterocycles. The van der Waals surface area contributed by atoms with Gasteiger partial charge < -0.3 is 15.0 Å². The molecule has 0 unspecified atom stereocenters. The Hall–Kier alpha value is -2.30. The average Bonchev–Trinajstić information content (AvgIpc) is 3.11. The fourth-order valence-corrected chi connectivity index (χ4v) is 3.35. The third kappa shape index (κ3) is 3.96. The monoisotopic (exact) mass is 328 g/mol. The number of methoxy groups -OCH3 is 1. The summed E-state index contributed by atoms with van der Waals surface area (Å²) in [6.07, 6.45) is 5.78. The number of ether oxygens (including phenoxy) is 1. The summed E-state index contributed by atoms with van der Waals surface area (Å²) in [7, 11) is 1.60. The van der Waals surface area contributed by atoms with Gasteiger partial charge in [0.1, 0.15) is 5.75 Å². The highest BCUT2D eigenvalue weighted by atomic mass is 16.5. The van der Waals surface area contributed by atoms with Crippen LogP contribution in [0.15, 0.2) is 29.1 Å². The van der Waals surface area contributed by atoms with Gasteiger partial charge in [-0.2, -0.15) is 0 Å². The lowest BCUT2D eigenvalue weighted by Gasteiger charge is -2.10. The minimum absolute atomic E-state index is 0.0242. The molecule has 2 aromatic rings. The topological polar surface area (TPSA) is 71.2 Å². The van der Waals surface area contributed by atoms with E-state index in [9.17, 15) is 9.59 Å². The lowest BCUT2D eigenvalue weighted by atomic mass is 10.1. The van der Waals surface area contributed by atoms with Crippen molar-refractivity contribution in [2.75, 3.05) is 13.7 Å². The lowest BCUT2D eigenvalue weighted by molar-refractivity contribution is -0.121. The zero-order valence-electron chi connectivity index (χ0n) is 14.1. The zero-order valence-corrected chi connectivity index (χ0v) is 14.1. The molecule has 0 atom stereocenters. The fourth-order valence-electron chi connectivity index (χ4n) is 3.35. The van der Waals surface area contributed by atoms with E-state index in [1.54, 1.807) is 13.2 Å². The summed E-state index contributed by atoms with van der Waals surface area (Å²) in [6.45, 7) is 0.771. The summed E-state index contributed by atoms with van der Waals surface area (Å²) in [5.41, 5.74) is 1.25. The van der Waals surface area contributed by atoms with Crippen LogP contribution in [0.4, 0.5) is 0 Å². The van der Waals surface area contributed by atoms with Crippen LogP contribution < -0.4 is 15.6 Å². The summed E-state index contributed by atoms with van der Waals surface area (Å²) in [5, 5.41) is 3.94. The Morgan fingerprint density at radius 1 is 1.29 bits per heavy atom. The molecule has 5 nitrogen and oxygen atoms in total. The number of aromatic nitrogens is 1. The molecule has 1 saturated carbocycles. The quantitative estimate of drug-likeness (QED) is 0.856. The van der Waals surface area contributed by atoms with Crippen molar-refractivity contribution in [2.45, 2.75) is 38.5 Å². The van der Waals surface area contributed by atoms with Crippen LogP contribution in [0.25, 0.3) is 10.9 Å². The first-order valence-corrected chi connectivity index (χ1v) is 8.62. The maximum Gasteiger partial charge on any atom is 0.251 e. The molecule has 1 amide bonds. The molecular weight excluding hydrogens is 304 g/mol. The van der Waals surface area contributed by atoms with Crippen LogP contribution in [0, 0.1) is 5.92 Å². The molecule has 1 aliphatic carbocycles. The zero-order chi connectivity index (χ0) is 16.9. The summed E-state index contributed by atoms with van der Waals surface area (Å²) in [4.78, 5) is 27.0. The molecule has 1 aromatic heterocycles. The molecule has 0 aliphatic heterocycles. The number of carbonyl (C=O) groups excluding carboxylic acids is 1. The molecule has 2 N–H and O–H groups in total. The normalized spacial score (nSPS) is 14.9. The summed E-state index contributed by atoms with van der Waals surface area (Å²) in [5.74, 6) is 1.36. The van der Waals surface area contributed by atoms with Crippen molar-refractivity contribution in [1.29, 1.82) is 0 Å². The number of fused-ring (bicyclic) bond motifs is 1. The highest BCUT2D eigenvalue weighted by Gasteiger charge is 2.15. The molecule has 128 valence electrons. The molecule has 24 heavy (non-hydrogen) atoms. The largest absolute Gasteiger partial charge is 0.497 e. The second-order valence-corrected chi connectivity index (χ2v) is 6.53. The Bertz CT molecular complexity index is 776.